The van der Waals surface area contributed by atoms with Gasteiger partial charge in [-0.05, 0) is 40.9 Å². The summed E-state index contributed by atoms with van der Waals surface area (Å²) < 4.78 is 5.73. The van der Waals surface area contributed by atoms with E-state index in [9.17, 15) is 4.79 Å². The van der Waals surface area contributed by atoms with Crippen molar-refractivity contribution in [2.45, 2.75) is 25.3 Å². The van der Waals surface area contributed by atoms with Crippen LogP contribution in [-0.4, -0.2) is 16.9 Å². The van der Waals surface area contributed by atoms with E-state index in [4.69, 9.17) is 22.4 Å². The largest absolute Gasteiger partial charge is 0.444 e. The molecule has 1 saturated carbocycles. The van der Waals surface area contributed by atoms with Crippen LogP contribution in [0.5, 0.6) is 0 Å². The molecule has 1 heterocycles. The van der Waals surface area contributed by atoms with Crippen LogP contribution in [0, 0.1) is 5.92 Å². The van der Waals surface area contributed by atoms with Gasteiger partial charge in [0.2, 0.25) is 0 Å². The Hall–Kier alpha value is -0.880. The zero-order chi connectivity index (χ0) is 12.4. The van der Waals surface area contributed by atoms with Crippen LogP contribution < -0.4 is 11.1 Å². The zero-order valence-corrected chi connectivity index (χ0v) is 11.5. The van der Waals surface area contributed by atoms with E-state index in [0.29, 0.717) is 15.4 Å². The Bertz CT molecular complexity index is 446. The fourth-order valence-electron chi connectivity index (χ4n) is 2.15. The van der Waals surface area contributed by atoms with Crippen molar-refractivity contribution in [3.63, 3.8) is 0 Å². The van der Waals surface area contributed by atoms with Crippen molar-refractivity contribution in [2.75, 3.05) is 0 Å². The molecular formula is C11H13BrN2O2S. The van der Waals surface area contributed by atoms with Crippen molar-refractivity contribution in [3.05, 3.63) is 22.6 Å². The van der Waals surface area contributed by atoms with Crippen LogP contribution in [-0.2, 0) is 0 Å². The van der Waals surface area contributed by atoms with Gasteiger partial charge in [0, 0.05) is 12.0 Å². The van der Waals surface area contributed by atoms with E-state index < -0.39 is 0 Å². The third kappa shape index (κ3) is 2.87. The number of halogens is 1. The van der Waals surface area contributed by atoms with E-state index in [2.05, 4.69) is 21.2 Å². The predicted molar refractivity (Wildman–Crippen MR) is 71.8 cm³/mol. The maximum atomic E-state index is 11.9. The molecular weight excluding hydrogens is 304 g/mol. The number of thiocarbonyl (C=S) groups is 1. The summed E-state index contributed by atoms with van der Waals surface area (Å²) in [5, 5.41) is 2.92. The Morgan fingerprint density at radius 1 is 1.53 bits per heavy atom. The lowest BCUT2D eigenvalue weighted by molar-refractivity contribution is 0.0904. The van der Waals surface area contributed by atoms with Crippen LogP contribution in [0.2, 0.25) is 0 Å². The van der Waals surface area contributed by atoms with Crippen LogP contribution in [0.1, 0.15) is 29.8 Å². The molecule has 1 aromatic heterocycles. The summed E-state index contributed by atoms with van der Waals surface area (Å²) >= 11 is 8.16. The molecule has 6 heteroatoms. The van der Waals surface area contributed by atoms with E-state index in [1.165, 1.54) is 0 Å². The highest BCUT2D eigenvalue weighted by atomic mass is 79.9. The summed E-state index contributed by atoms with van der Waals surface area (Å²) in [5.74, 6) is 0.182. The van der Waals surface area contributed by atoms with Gasteiger partial charge >= 0.3 is 0 Å². The van der Waals surface area contributed by atoms with Gasteiger partial charge in [-0.25, -0.2) is 0 Å². The van der Waals surface area contributed by atoms with Crippen molar-refractivity contribution in [1.29, 1.82) is 0 Å². The smallest absolute Gasteiger partial charge is 0.287 e. The maximum Gasteiger partial charge on any atom is 0.287 e. The molecule has 4 nitrogen and oxygen atoms in total. The highest BCUT2D eigenvalue weighted by molar-refractivity contribution is 9.10. The molecule has 0 spiro atoms. The molecule has 0 saturated heterocycles. The number of furan rings is 1. The fourth-order valence-corrected chi connectivity index (χ4v) is 2.74. The average molecular weight is 317 g/mol. The Kier molecular flexibility index (Phi) is 3.83. The minimum atomic E-state index is -0.219. The third-order valence-electron chi connectivity index (χ3n) is 2.99. The lowest BCUT2D eigenvalue weighted by atomic mass is 10.0. The Balaban J connectivity index is 2.01. The van der Waals surface area contributed by atoms with Crippen LogP contribution >= 0.6 is 28.1 Å². The second-order valence-corrected chi connectivity index (χ2v) is 5.38. The quantitative estimate of drug-likeness (QED) is 0.839. The van der Waals surface area contributed by atoms with Gasteiger partial charge in [0.05, 0.1) is 4.99 Å². The standard InChI is InChI=1S/C11H13BrN2O2S/c12-9-5-4-8(16-9)11(15)14-7-3-1-2-6(7)10(13)17/h4-7H,1-3H2,(H2,13,17)(H,14,15). The minimum Gasteiger partial charge on any atom is -0.444 e. The number of hydrogen-bond acceptors (Lipinski definition) is 3. The van der Waals surface area contributed by atoms with Gasteiger partial charge in [-0.15, -0.1) is 0 Å². The first kappa shape index (κ1) is 12.6. The van der Waals surface area contributed by atoms with E-state index in [1.807, 2.05) is 0 Å². The van der Waals surface area contributed by atoms with Crippen molar-refractivity contribution in [1.82, 2.24) is 5.32 Å². The highest BCUT2D eigenvalue weighted by Crippen LogP contribution is 2.26. The summed E-state index contributed by atoms with van der Waals surface area (Å²) in [6.07, 6.45) is 2.90. The molecule has 1 amide bonds. The highest BCUT2D eigenvalue weighted by Gasteiger charge is 2.31. The molecule has 0 bridgehead atoms. The molecule has 1 aromatic rings. The molecule has 0 aromatic carbocycles. The van der Waals surface area contributed by atoms with Gasteiger partial charge in [-0.2, -0.15) is 0 Å². The van der Waals surface area contributed by atoms with Gasteiger partial charge in [-0.1, -0.05) is 18.6 Å². The minimum absolute atomic E-state index is 0.0314. The number of amides is 1. The molecule has 0 radical (unpaired) electrons. The van der Waals surface area contributed by atoms with Crippen LogP contribution in [0.4, 0.5) is 0 Å². The second-order valence-electron chi connectivity index (χ2n) is 4.12. The van der Waals surface area contributed by atoms with E-state index >= 15 is 0 Å². The number of carbonyl (C=O) groups excluding carboxylic acids is 1. The van der Waals surface area contributed by atoms with Crippen molar-refractivity contribution in [3.8, 4) is 0 Å². The van der Waals surface area contributed by atoms with E-state index in [0.717, 1.165) is 19.3 Å². The van der Waals surface area contributed by atoms with Crippen LogP contribution in [0.15, 0.2) is 21.2 Å². The van der Waals surface area contributed by atoms with E-state index in [1.54, 1.807) is 12.1 Å². The fraction of sp³-hybridized carbons (Fsp3) is 0.455. The summed E-state index contributed by atoms with van der Waals surface area (Å²) in [4.78, 5) is 12.4. The molecule has 0 aliphatic heterocycles. The summed E-state index contributed by atoms with van der Waals surface area (Å²) in [7, 11) is 0. The zero-order valence-electron chi connectivity index (χ0n) is 9.11. The van der Waals surface area contributed by atoms with Crippen LogP contribution in [0.3, 0.4) is 0 Å². The molecule has 92 valence electrons. The first-order chi connectivity index (χ1) is 8.08. The summed E-state index contributed by atoms with van der Waals surface area (Å²) in [6.45, 7) is 0. The third-order valence-corrected chi connectivity index (χ3v) is 3.72. The second kappa shape index (κ2) is 5.18. The molecule has 2 rings (SSSR count). The summed E-state index contributed by atoms with van der Waals surface area (Å²) in [6, 6.07) is 3.35. The van der Waals surface area contributed by atoms with Crippen molar-refractivity contribution < 1.29 is 9.21 Å². The monoisotopic (exact) mass is 316 g/mol. The Morgan fingerprint density at radius 3 is 2.88 bits per heavy atom. The SMILES string of the molecule is NC(=S)C1CCCC1NC(=O)c1ccc(Br)o1. The molecule has 3 N–H and O–H groups in total. The normalized spacial score (nSPS) is 23.6. The molecule has 1 aliphatic rings. The van der Waals surface area contributed by atoms with Gasteiger partial charge < -0.3 is 15.5 Å². The number of nitrogens with two attached hydrogens (primary N) is 1. The van der Waals surface area contributed by atoms with Gasteiger partial charge in [0.1, 0.15) is 0 Å². The topological polar surface area (TPSA) is 68.3 Å². The number of nitrogens with one attached hydrogen (secondary N) is 1. The Labute approximate surface area is 113 Å². The Morgan fingerprint density at radius 2 is 2.29 bits per heavy atom. The summed E-state index contributed by atoms with van der Waals surface area (Å²) in [5.41, 5.74) is 5.66. The number of hydrogen-bond donors (Lipinski definition) is 2. The number of carbonyl (C=O) groups is 1. The number of rotatable bonds is 3. The predicted octanol–water partition coefficient (Wildman–Crippen LogP) is 2.23. The van der Waals surface area contributed by atoms with Crippen LogP contribution in [0.25, 0.3) is 0 Å². The van der Waals surface area contributed by atoms with E-state index in [-0.39, 0.29) is 17.9 Å². The first-order valence-corrected chi connectivity index (χ1v) is 6.63. The van der Waals surface area contributed by atoms with Gasteiger partial charge in [-0.3, -0.25) is 4.79 Å². The molecule has 2 unspecified atom stereocenters. The lowest BCUT2D eigenvalue weighted by Gasteiger charge is -2.19. The maximum absolute atomic E-state index is 11.9. The first-order valence-electron chi connectivity index (χ1n) is 5.43. The lowest BCUT2D eigenvalue weighted by Crippen LogP contribution is -2.41. The average Bonchev–Trinajstić information content (AvgIpc) is 2.86. The molecule has 1 aliphatic carbocycles. The molecule has 2 atom stereocenters. The van der Waals surface area contributed by atoms with Crippen molar-refractivity contribution in [2.24, 2.45) is 11.7 Å². The molecule has 1 fully saturated rings. The van der Waals surface area contributed by atoms with Crippen molar-refractivity contribution >= 4 is 39.0 Å². The van der Waals surface area contributed by atoms with Gasteiger partial charge in [0.15, 0.2) is 10.4 Å². The molecule has 17 heavy (non-hydrogen) atoms. The van der Waals surface area contributed by atoms with Gasteiger partial charge in [0.25, 0.3) is 5.91 Å².